The minimum atomic E-state index is 0.262. The average Bonchev–Trinajstić information content (AvgIpc) is 1.61. The van der Waals surface area contributed by atoms with Gasteiger partial charge in [-0.05, 0) is 6.04 Å². The van der Waals surface area contributed by atoms with Gasteiger partial charge in [-0.15, -0.1) is 6.58 Å². The Bertz CT molecular complexity index is 37.8. The van der Waals surface area contributed by atoms with Gasteiger partial charge in [-0.2, -0.15) is 0 Å². The smallest absolute Gasteiger partial charge is 0.181 e. The van der Waals surface area contributed by atoms with Crippen LogP contribution in [0.4, 0.5) is 0 Å². The van der Waals surface area contributed by atoms with Crippen molar-refractivity contribution in [3.63, 3.8) is 0 Å². The fourth-order valence-electron chi connectivity index (χ4n) is 0.164. The second kappa shape index (κ2) is 5.13. The second-order valence-electron chi connectivity index (χ2n) is 0.927. The summed E-state index contributed by atoms with van der Waals surface area (Å²) in [5.41, 5.74) is 0. The molecule has 0 heterocycles. The van der Waals surface area contributed by atoms with Crippen LogP contribution < -0.4 is 0 Å². The molecule has 0 fully saturated rings. The highest BCUT2D eigenvalue weighted by Gasteiger charge is 1.73. The number of allylic oxidation sites excluding steroid dienone is 1. The van der Waals surface area contributed by atoms with E-state index in [0.29, 0.717) is 0 Å². The first-order chi connectivity index (χ1) is 2.91. The number of hydrogen-bond donors (Lipinski definition) is 0. The van der Waals surface area contributed by atoms with Gasteiger partial charge in [0.05, 0.1) is 0 Å². The highest BCUT2D eigenvalue weighted by atomic mass is 28.3. The van der Waals surface area contributed by atoms with Gasteiger partial charge < -0.3 is 4.12 Å². The predicted molar refractivity (Wildman–Crippen MR) is 33.2 cm³/mol. The van der Waals surface area contributed by atoms with Gasteiger partial charge >= 0.3 is 0 Å². The van der Waals surface area contributed by atoms with Gasteiger partial charge in [0, 0.05) is 0 Å². The van der Waals surface area contributed by atoms with Crippen LogP contribution in [0.15, 0.2) is 12.7 Å². The lowest BCUT2D eigenvalue weighted by Gasteiger charge is -1.84. The van der Waals surface area contributed by atoms with E-state index in [4.69, 9.17) is 4.12 Å². The lowest BCUT2D eigenvalue weighted by Crippen LogP contribution is -1.89. The van der Waals surface area contributed by atoms with Crippen molar-refractivity contribution in [1.29, 1.82) is 0 Å². The molecule has 6 heavy (non-hydrogen) atoms. The molecule has 1 nitrogen and oxygen atoms in total. The third kappa shape index (κ3) is 4.13. The minimum Gasteiger partial charge on any atom is -0.466 e. The van der Waals surface area contributed by atoms with E-state index >= 15 is 0 Å². The first-order valence-electron chi connectivity index (χ1n) is 1.87. The molecule has 0 aliphatic rings. The van der Waals surface area contributed by atoms with E-state index < -0.39 is 0 Å². The van der Waals surface area contributed by atoms with Crippen LogP contribution in [0.5, 0.6) is 0 Å². The maximum atomic E-state index is 4.93. The molecule has 0 aliphatic heterocycles. The lowest BCUT2D eigenvalue weighted by molar-refractivity contribution is 0.666. The Balaban J connectivity index is 2.49. The third-order valence-corrected chi connectivity index (χ3v) is 2.29. The van der Waals surface area contributed by atoms with Crippen LogP contribution >= 0.6 is 0 Å². The predicted octanol–water partition coefficient (Wildman–Crippen LogP) is -0.761. The fourth-order valence-corrected chi connectivity index (χ4v) is 1.07. The summed E-state index contributed by atoms with van der Waals surface area (Å²) in [6, 6.07) is 1.07. The molecule has 1 radical (unpaired) electrons. The number of rotatable bonds is 3. The topological polar surface area (TPSA) is 9.23 Å². The van der Waals surface area contributed by atoms with Crippen LogP contribution in [-0.2, 0) is 4.12 Å². The molecule has 0 aromatic rings. The zero-order chi connectivity index (χ0) is 4.83. The summed E-state index contributed by atoms with van der Waals surface area (Å²) in [5, 5.41) is 0. The quantitative estimate of drug-likeness (QED) is 0.268. The van der Waals surface area contributed by atoms with Crippen LogP contribution in [-0.4, -0.2) is 20.2 Å². The van der Waals surface area contributed by atoms with Gasteiger partial charge in [0.25, 0.3) is 0 Å². The van der Waals surface area contributed by atoms with Gasteiger partial charge in [0.1, 0.15) is 10.5 Å². The molecule has 0 N–H and O–H groups in total. The molecule has 0 unspecified atom stereocenters. The molecular formula is C3H9OSi2. The first-order valence-corrected chi connectivity index (χ1v) is 3.97. The van der Waals surface area contributed by atoms with Crippen molar-refractivity contribution in [2.45, 2.75) is 6.04 Å². The SMILES string of the molecule is C=CC[SiH]O[SiH3]. The van der Waals surface area contributed by atoms with Gasteiger partial charge in [-0.3, -0.25) is 0 Å². The van der Waals surface area contributed by atoms with Gasteiger partial charge in [-0.1, -0.05) is 6.08 Å². The van der Waals surface area contributed by atoms with Gasteiger partial charge in [-0.25, -0.2) is 0 Å². The molecule has 0 saturated heterocycles. The monoisotopic (exact) mass is 117 g/mol. The van der Waals surface area contributed by atoms with Crippen molar-refractivity contribution < 1.29 is 4.12 Å². The van der Waals surface area contributed by atoms with Crippen molar-refractivity contribution in [2.24, 2.45) is 0 Å². The van der Waals surface area contributed by atoms with Crippen molar-refractivity contribution >= 4 is 20.2 Å². The molecule has 3 heteroatoms. The zero-order valence-electron chi connectivity index (χ0n) is 3.98. The fraction of sp³-hybridized carbons (Fsp3) is 0.333. The Morgan fingerprint density at radius 1 is 2.00 bits per heavy atom. The molecule has 0 aliphatic carbocycles. The molecule has 0 amide bonds. The van der Waals surface area contributed by atoms with Crippen LogP contribution in [0.2, 0.25) is 6.04 Å². The summed E-state index contributed by atoms with van der Waals surface area (Å²) < 4.78 is 4.93. The highest BCUT2D eigenvalue weighted by Crippen LogP contribution is 1.74. The zero-order valence-corrected chi connectivity index (χ0v) is 7.13. The minimum absolute atomic E-state index is 0.262. The van der Waals surface area contributed by atoms with Gasteiger partial charge in [0.2, 0.25) is 0 Å². The van der Waals surface area contributed by atoms with Crippen molar-refractivity contribution in [2.75, 3.05) is 0 Å². The normalized spacial score (nSPS) is 8.67. The van der Waals surface area contributed by atoms with E-state index in [9.17, 15) is 0 Å². The molecular weight excluding hydrogens is 108 g/mol. The van der Waals surface area contributed by atoms with E-state index in [1.54, 1.807) is 0 Å². The largest absolute Gasteiger partial charge is 0.466 e. The Morgan fingerprint density at radius 2 is 2.67 bits per heavy atom. The van der Waals surface area contributed by atoms with E-state index in [1.807, 2.05) is 6.08 Å². The van der Waals surface area contributed by atoms with Gasteiger partial charge in [0.15, 0.2) is 9.76 Å². The number of hydrogen-bond acceptors (Lipinski definition) is 1. The Morgan fingerprint density at radius 3 is 2.83 bits per heavy atom. The summed E-state index contributed by atoms with van der Waals surface area (Å²) in [4.78, 5) is 0. The summed E-state index contributed by atoms with van der Waals surface area (Å²) >= 11 is 0. The highest BCUT2D eigenvalue weighted by molar-refractivity contribution is 6.34. The summed E-state index contributed by atoms with van der Waals surface area (Å²) in [5.74, 6) is 0. The first kappa shape index (κ1) is 6.13. The molecule has 0 spiro atoms. The van der Waals surface area contributed by atoms with E-state index in [-0.39, 0.29) is 9.76 Å². The van der Waals surface area contributed by atoms with Crippen LogP contribution in [0, 0.1) is 0 Å². The van der Waals surface area contributed by atoms with Crippen LogP contribution in [0.25, 0.3) is 0 Å². The van der Waals surface area contributed by atoms with Crippen LogP contribution in [0.3, 0.4) is 0 Å². The third-order valence-electron chi connectivity index (χ3n) is 0.430. The Labute approximate surface area is 43.9 Å². The van der Waals surface area contributed by atoms with E-state index in [1.165, 1.54) is 0 Å². The lowest BCUT2D eigenvalue weighted by atomic mass is 10.8. The molecule has 0 atom stereocenters. The molecule has 0 aromatic heterocycles. The van der Waals surface area contributed by atoms with Crippen LogP contribution in [0.1, 0.15) is 0 Å². The molecule has 0 saturated carbocycles. The second-order valence-corrected chi connectivity index (χ2v) is 3.62. The summed E-state index contributed by atoms with van der Waals surface area (Å²) in [6.45, 7) is 3.55. The Kier molecular flexibility index (Phi) is 5.25. The molecule has 0 bridgehead atoms. The van der Waals surface area contributed by atoms with Crippen molar-refractivity contribution in [3.05, 3.63) is 12.7 Å². The molecule has 0 rings (SSSR count). The van der Waals surface area contributed by atoms with Crippen molar-refractivity contribution in [3.8, 4) is 0 Å². The summed E-state index contributed by atoms with van der Waals surface area (Å²) in [7, 11) is 1.15. The van der Waals surface area contributed by atoms with E-state index in [2.05, 4.69) is 6.58 Å². The summed E-state index contributed by atoms with van der Waals surface area (Å²) in [6.07, 6.45) is 1.90. The van der Waals surface area contributed by atoms with Crippen molar-refractivity contribution in [1.82, 2.24) is 0 Å². The molecule has 0 aromatic carbocycles. The van der Waals surface area contributed by atoms with E-state index in [0.717, 1.165) is 16.5 Å². The Hall–Kier alpha value is 0.134. The maximum Gasteiger partial charge on any atom is 0.181 e. The molecule has 35 valence electrons. The average molecular weight is 117 g/mol. The standard InChI is InChI=1S/C3H9OSi2/c1-2-3-6-4-5/h2,6H,1,3H2,5H3. The maximum absolute atomic E-state index is 4.93.